The molecular weight excluding hydrogens is 258 g/mol. The minimum Gasteiger partial charge on any atom is -0.325 e. The minimum absolute atomic E-state index is 0.189. The third-order valence-corrected chi connectivity index (χ3v) is 5.59. The van der Waals surface area contributed by atoms with Gasteiger partial charge in [0.25, 0.3) is 0 Å². The van der Waals surface area contributed by atoms with E-state index in [1.165, 1.54) is 12.8 Å². The largest absolute Gasteiger partial charge is 0.325 e. The Labute approximate surface area is 120 Å². The average molecular weight is 281 g/mol. The van der Waals surface area contributed by atoms with Gasteiger partial charge in [-0.3, -0.25) is 0 Å². The van der Waals surface area contributed by atoms with Gasteiger partial charge >= 0.3 is 6.03 Å². The summed E-state index contributed by atoms with van der Waals surface area (Å²) in [6.07, 6.45) is 8.34. The molecule has 0 aromatic rings. The molecule has 2 fully saturated rings. The highest BCUT2D eigenvalue weighted by molar-refractivity contribution is 8.00. The summed E-state index contributed by atoms with van der Waals surface area (Å²) in [4.78, 5) is 16.4. The number of thioether (sulfide) groups is 1. The highest BCUT2D eigenvalue weighted by Gasteiger charge is 2.36. The normalized spacial score (nSPS) is 23.6. The van der Waals surface area contributed by atoms with Gasteiger partial charge in [-0.15, -0.1) is 11.8 Å². The van der Waals surface area contributed by atoms with Gasteiger partial charge in [0.2, 0.25) is 0 Å². The molecule has 2 rings (SSSR count). The van der Waals surface area contributed by atoms with Gasteiger partial charge in [0.05, 0.1) is 6.07 Å². The number of hydrogen-bond donors (Lipinski definition) is 0. The number of amides is 2. The van der Waals surface area contributed by atoms with Crippen LogP contribution in [0.15, 0.2) is 0 Å². The van der Waals surface area contributed by atoms with Crippen LogP contribution in [0.2, 0.25) is 0 Å². The Hall–Kier alpha value is -0.890. The maximum atomic E-state index is 12.5. The summed E-state index contributed by atoms with van der Waals surface area (Å²) in [5, 5.41) is 9.27. The summed E-state index contributed by atoms with van der Waals surface area (Å²) in [6, 6.07) is 2.62. The number of piperidine rings is 1. The van der Waals surface area contributed by atoms with Gasteiger partial charge in [-0.25, -0.2) is 4.79 Å². The molecule has 0 spiro atoms. The summed E-state index contributed by atoms with van der Waals surface area (Å²) in [5.74, 6) is 0. The zero-order chi connectivity index (χ0) is 13.7. The third-order valence-electron chi connectivity index (χ3n) is 4.31. The number of hydrogen-bond acceptors (Lipinski definition) is 3. The summed E-state index contributed by atoms with van der Waals surface area (Å²) < 4.78 is -0.268. The van der Waals surface area contributed by atoms with Crippen LogP contribution in [0.25, 0.3) is 0 Å². The number of urea groups is 1. The smallest absolute Gasteiger partial charge is 0.319 e. The van der Waals surface area contributed by atoms with Gasteiger partial charge in [0.1, 0.15) is 4.75 Å². The zero-order valence-corrected chi connectivity index (χ0v) is 12.5. The van der Waals surface area contributed by atoms with Crippen molar-refractivity contribution in [3.8, 4) is 6.07 Å². The number of likely N-dealkylation sites (tertiary alicyclic amines) is 2. The fourth-order valence-electron chi connectivity index (χ4n) is 2.88. The first-order chi connectivity index (χ1) is 9.21. The molecule has 2 aliphatic heterocycles. The lowest BCUT2D eigenvalue weighted by atomic mass is 9.97. The molecule has 0 aliphatic carbocycles. The molecule has 0 atom stereocenters. The number of rotatable bonds is 1. The summed E-state index contributed by atoms with van der Waals surface area (Å²) in [5.41, 5.74) is 0. The van der Waals surface area contributed by atoms with Crippen LogP contribution in [0, 0.1) is 11.3 Å². The van der Waals surface area contributed by atoms with Crippen LogP contribution in [0.5, 0.6) is 0 Å². The second-order valence-electron chi connectivity index (χ2n) is 5.48. The first kappa shape index (κ1) is 14.5. The Balaban J connectivity index is 1.90. The number of carbonyl (C=O) groups excluding carboxylic acids is 1. The van der Waals surface area contributed by atoms with E-state index in [0.717, 1.165) is 51.9 Å². The monoisotopic (exact) mass is 281 g/mol. The first-order valence-electron chi connectivity index (χ1n) is 7.21. The topological polar surface area (TPSA) is 47.3 Å². The Bertz CT molecular complexity index is 350. The predicted octanol–water partition coefficient (Wildman–Crippen LogP) is 2.70. The highest BCUT2D eigenvalue weighted by Crippen LogP contribution is 2.34. The Morgan fingerprint density at radius 3 is 2.05 bits per heavy atom. The van der Waals surface area contributed by atoms with Crippen LogP contribution >= 0.6 is 11.8 Å². The van der Waals surface area contributed by atoms with Gasteiger partial charge in [0, 0.05) is 26.2 Å². The van der Waals surface area contributed by atoms with Crippen molar-refractivity contribution in [2.24, 2.45) is 0 Å². The van der Waals surface area contributed by atoms with E-state index < -0.39 is 0 Å². The van der Waals surface area contributed by atoms with Crippen molar-refractivity contribution in [1.82, 2.24) is 9.80 Å². The molecule has 2 heterocycles. The number of nitrogens with zero attached hydrogens (tertiary/aromatic N) is 3. The van der Waals surface area contributed by atoms with Gasteiger partial charge in [-0.2, -0.15) is 5.26 Å². The van der Waals surface area contributed by atoms with Gasteiger partial charge in [0.15, 0.2) is 0 Å². The van der Waals surface area contributed by atoms with E-state index in [4.69, 9.17) is 0 Å². The van der Waals surface area contributed by atoms with Crippen molar-refractivity contribution < 1.29 is 4.79 Å². The number of nitriles is 1. The van der Waals surface area contributed by atoms with Gasteiger partial charge in [-0.1, -0.05) is 12.8 Å². The minimum atomic E-state index is -0.268. The molecule has 0 aromatic heterocycles. The van der Waals surface area contributed by atoms with Crippen LogP contribution < -0.4 is 0 Å². The van der Waals surface area contributed by atoms with Crippen molar-refractivity contribution >= 4 is 17.8 Å². The van der Waals surface area contributed by atoms with E-state index in [1.807, 2.05) is 16.1 Å². The summed E-state index contributed by atoms with van der Waals surface area (Å²) in [7, 11) is 0. The van der Waals surface area contributed by atoms with E-state index in [1.54, 1.807) is 11.8 Å². The Morgan fingerprint density at radius 1 is 1.05 bits per heavy atom. The second-order valence-corrected chi connectivity index (χ2v) is 6.67. The van der Waals surface area contributed by atoms with Gasteiger partial charge < -0.3 is 9.80 Å². The lowest BCUT2D eigenvalue weighted by Crippen LogP contribution is -2.50. The predicted molar refractivity (Wildman–Crippen MR) is 78.1 cm³/mol. The maximum absolute atomic E-state index is 12.5. The molecule has 0 N–H and O–H groups in total. The maximum Gasteiger partial charge on any atom is 0.319 e. The SMILES string of the molecule is CSC1(C#N)CCN(C(=O)N2CCCCCC2)CC1. The first-order valence-corrected chi connectivity index (χ1v) is 8.43. The zero-order valence-electron chi connectivity index (χ0n) is 11.7. The lowest BCUT2D eigenvalue weighted by Gasteiger charge is -2.38. The molecule has 106 valence electrons. The fraction of sp³-hybridized carbons (Fsp3) is 0.857. The van der Waals surface area contributed by atoms with Crippen molar-refractivity contribution in [1.29, 1.82) is 5.26 Å². The molecule has 0 radical (unpaired) electrons. The second kappa shape index (κ2) is 6.51. The molecular formula is C14H23N3OS. The van der Waals surface area contributed by atoms with Gasteiger partial charge in [-0.05, 0) is 31.9 Å². The van der Waals surface area contributed by atoms with E-state index >= 15 is 0 Å². The van der Waals surface area contributed by atoms with Crippen LogP contribution in [-0.2, 0) is 0 Å². The van der Waals surface area contributed by atoms with E-state index in [2.05, 4.69) is 6.07 Å². The quantitative estimate of drug-likeness (QED) is 0.742. The molecule has 0 bridgehead atoms. The Morgan fingerprint density at radius 2 is 1.58 bits per heavy atom. The van der Waals surface area contributed by atoms with Crippen LogP contribution in [0.3, 0.4) is 0 Å². The Kier molecular flexibility index (Phi) is 4.98. The third kappa shape index (κ3) is 3.36. The summed E-state index contributed by atoms with van der Waals surface area (Å²) in [6.45, 7) is 3.26. The molecule has 19 heavy (non-hydrogen) atoms. The lowest BCUT2D eigenvalue weighted by molar-refractivity contribution is 0.142. The van der Waals surface area contributed by atoms with Crippen molar-refractivity contribution in [3.63, 3.8) is 0 Å². The molecule has 2 amide bonds. The van der Waals surface area contributed by atoms with Crippen molar-refractivity contribution in [3.05, 3.63) is 0 Å². The summed E-state index contributed by atoms with van der Waals surface area (Å²) >= 11 is 1.63. The van der Waals surface area contributed by atoms with Crippen molar-refractivity contribution in [2.45, 2.75) is 43.3 Å². The standard InChI is InChI=1S/C14H23N3OS/c1-19-14(12-15)6-10-17(11-7-14)13(18)16-8-4-2-3-5-9-16/h2-11H2,1H3. The fourth-order valence-corrected chi connectivity index (χ4v) is 3.56. The average Bonchev–Trinajstić information content (AvgIpc) is 2.76. The molecule has 0 aromatic carbocycles. The molecule has 4 nitrogen and oxygen atoms in total. The van der Waals surface area contributed by atoms with Crippen molar-refractivity contribution in [2.75, 3.05) is 32.4 Å². The highest BCUT2D eigenvalue weighted by atomic mass is 32.2. The van der Waals surface area contributed by atoms with Crippen LogP contribution in [0.4, 0.5) is 4.79 Å². The van der Waals surface area contributed by atoms with E-state index in [0.29, 0.717) is 0 Å². The molecule has 2 aliphatic rings. The molecule has 2 saturated heterocycles. The van der Waals surface area contributed by atoms with Crippen LogP contribution in [-0.4, -0.2) is 53.0 Å². The molecule has 5 heteroatoms. The van der Waals surface area contributed by atoms with Crippen LogP contribution in [0.1, 0.15) is 38.5 Å². The molecule has 0 saturated carbocycles. The molecule has 0 unspecified atom stereocenters. The van der Waals surface area contributed by atoms with E-state index in [-0.39, 0.29) is 10.8 Å². The van der Waals surface area contributed by atoms with E-state index in [9.17, 15) is 10.1 Å². The number of carbonyl (C=O) groups is 1.